The lowest BCUT2D eigenvalue weighted by molar-refractivity contribution is -0.156. The highest BCUT2D eigenvalue weighted by atomic mass is 35.5. The van der Waals surface area contributed by atoms with Crippen molar-refractivity contribution < 1.29 is 24.2 Å². The molecule has 0 radical (unpaired) electrons. The number of aliphatic hydroxyl groups excluding tert-OH is 1. The number of carbonyl (C=O) groups is 3. The first-order valence-electron chi connectivity index (χ1n) is 13.6. The maximum atomic E-state index is 14.7. The Labute approximate surface area is 240 Å². The summed E-state index contributed by atoms with van der Waals surface area (Å²) in [6.45, 7) is 13.7. The van der Waals surface area contributed by atoms with Crippen LogP contribution in [-0.2, 0) is 19.1 Å². The molecule has 2 amide bonds. The van der Waals surface area contributed by atoms with Crippen LogP contribution < -0.4 is 4.90 Å². The molecule has 4 rings (SSSR count). The molecule has 0 saturated carbocycles. The number of carbonyl (C=O) groups excluding carboxylic acids is 3. The molecule has 2 bridgehead atoms. The lowest BCUT2D eigenvalue weighted by Crippen LogP contribution is -2.58. The average molecular weight is 575 g/mol. The number of anilines is 1. The molecule has 3 aliphatic heterocycles. The van der Waals surface area contributed by atoms with Gasteiger partial charge >= 0.3 is 5.97 Å². The normalized spacial score (nSPS) is 29.8. The summed E-state index contributed by atoms with van der Waals surface area (Å²) in [6, 6.07) is 5.67. The number of halogens is 1. The van der Waals surface area contributed by atoms with E-state index in [0.717, 1.165) is 0 Å². The first-order chi connectivity index (χ1) is 18.6. The molecule has 39 heavy (non-hydrogen) atoms. The van der Waals surface area contributed by atoms with Gasteiger partial charge in [-0.2, -0.15) is 0 Å². The van der Waals surface area contributed by atoms with Crippen molar-refractivity contribution in [1.82, 2.24) is 4.90 Å². The maximum Gasteiger partial charge on any atom is 0.311 e. The number of benzene rings is 1. The molecule has 3 saturated heterocycles. The Morgan fingerprint density at radius 2 is 2.00 bits per heavy atom. The van der Waals surface area contributed by atoms with Crippen molar-refractivity contribution in [3.05, 3.63) is 54.6 Å². The number of aliphatic hydroxyl groups is 1. The fraction of sp³-hybridized carbons (Fsp3) is 0.567. The molecule has 3 fully saturated rings. The molecule has 3 aliphatic rings. The SMILES string of the molecule is C=CCCOC(=O)[C@@H]1[C@H]2C(=O)N([C@@H](CO)CC(C)C)C(C(=O)N(CC=C)c3ccccc3Cl)C23CC[C@@]1(C)S3. The number of hydrogen-bond donors (Lipinski definition) is 1. The molecule has 9 heteroatoms. The summed E-state index contributed by atoms with van der Waals surface area (Å²) in [7, 11) is 0. The van der Waals surface area contributed by atoms with Crippen LogP contribution in [0.5, 0.6) is 0 Å². The van der Waals surface area contributed by atoms with Crippen LogP contribution in [0.25, 0.3) is 0 Å². The molecule has 3 heterocycles. The first-order valence-corrected chi connectivity index (χ1v) is 14.8. The van der Waals surface area contributed by atoms with Crippen molar-refractivity contribution in [2.45, 2.75) is 68.0 Å². The zero-order chi connectivity index (χ0) is 28.5. The largest absolute Gasteiger partial charge is 0.465 e. The molecule has 2 unspecified atom stereocenters. The smallest absolute Gasteiger partial charge is 0.311 e. The number of fused-ring (bicyclic) bond motifs is 1. The van der Waals surface area contributed by atoms with E-state index in [-0.39, 0.29) is 37.5 Å². The van der Waals surface area contributed by atoms with Crippen molar-refractivity contribution in [1.29, 1.82) is 0 Å². The van der Waals surface area contributed by atoms with Gasteiger partial charge < -0.3 is 19.6 Å². The lowest BCUT2D eigenvalue weighted by atomic mass is 9.66. The molecule has 0 aromatic heterocycles. The average Bonchev–Trinajstić information content (AvgIpc) is 3.46. The van der Waals surface area contributed by atoms with Crippen LogP contribution in [0, 0.1) is 17.8 Å². The summed E-state index contributed by atoms with van der Waals surface area (Å²) in [5.41, 5.74) is 0.532. The highest BCUT2D eigenvalue weighted by Gasteiger charge is 2.78. The van der Waals surface area contributed by atoms with E-state index >= 15 is 0 Å². The lowest BCUT2D eigenvalue weighted by Gasteiger charge is -2.40. The Kier molecular flexibility index (Phi) is 8.89. The van der Waals surface area contributed by atoms with Gasteiger partial charge in [-0.05, 0) is 50.7 Å². The maximum absolute atomic E-state index is 14.7. The second-order valence-electron chi connectivity index (χ2n) is 11.4. The fourth-order valence-electron chi connectivity index (χ4n) is 6.80. The number of para-hydroxylation sites is 1. The predicted octanol–water partition coefficient (Wildman–Crippen LogP) is 4.87. The van der Waals surface area contributed by atoms with Gasteiger partial charge in [0, 0.05) is 11.3 Å². The third-order valence-electron chi connectivity index (χ3n) is 8.34. The van der Waals surface area contributed by atoms with Crippen LogP contribution in [0.1, 0.15) is 46.5 Å². The van der Waals surface area contributed by atoms with Gasteiger partial charge in [0.05, 0.1) is 46.5 Å². The Balaban J connectivity index is 1.83. The Morgan fingerprint density at radius 1 is 1.28 bits per heavy atom. The van der Waals surface area contributed by atoms with Gasteiger partial charge in [0.2, 0.25) is 5.91 Å². The predicted molar refractivity (Wildman–Crippen MR) is 156 cm³/mol. The van der Waals surface area contributed by atoms with Gasteiger partial charge in [0.25, 0.3) is 5.91 Å². The number of ether oxygens (including phenoxy) is 1. The number of esters is 1. The van der Waals surface area contributed by atoms with Crippen LogP contribution in [0.2, 0.25) is 5.02 Å². The zero-order valence-corrected chi connectivity index (χ0v) is 24.5. The second-order valence-corrected chi connectivity index (χ2v) is 13.7. The summed E-state index contributed by atoms with van der Waals surface area (Å²) in [5, 5.41) is 10.9. The van der Waals surface area contributed by atoms with Gasteiger partial charge in [-0.1, -0.05) is 49.7 Å². The Bertz CT molecular complexity index is 1140. The summed E-state index contributed by atoms with van der Waals surface area (Å²) in [6.07, 6.45) is 5.66. The summed E-state index contributed by atoms with van der Waals surface area (Å²) in [4.78, 5) is 45.7. The van der Waals surface area contributed by atoms with Crippen LogP contribution >= 0.6 is 23.4 Å². The number of rotatable bonds is 12. The van der Waals surface area contributed by atoms with E-state index in [1.165, 1.54) is 0 Å². The third kappa shape index (κ3) is 5.04. The van der Waals surface area contributed by atoms with Crippen LogP contribution in [0.4, 0.5) is 5.69 Å². The van der Waals surface area contributed by atoms with Gasteiger partial charge in [0.1, 0.15) is 6.04 Å². The minimum absolute atomic E-state index is 0.178. The number of likely N-dealkylation sites (tertiary alicyclic amines) is 1. The monoisotopic (exact) mass is 574 g/mol. The van der Waals surface area contributed by atoms with Crippen LogP contribution in [0.3, 0.4) is 0 Å². The fourth-order valence-corrected chi connectivity index (χ4v) is 9.36. The van der Waals surface area contributed by atoms with Crippen molar-refractivity contribution in [3.63, 3.8) is 0 Å². The Morgan fingerprint density at radius 3 is 2.62 bits per heavy atom. The number of hydrogen-bond acceptors (Lipinski definition) is 6. The molecule has 1 aromatic rings. The van der Waals surface area contributed by atoms with Gasteiger partial charge in [-0.25, -0.2) is 0 Å². The van der Waals surface area contributed by atoms with E-state index in [2.05, 4.69) is 13.2 Å². The number of thioether (sulfide) groups is 1. The van der Waals surface area contributed by atoms with Crippen LogP contribution in [-0.4, -0.2) is 69.1 Å². The van der Waals surface area contributed by atoms with E-state index in [0.29, 0.717) is 36.4 Å². The summed E-state index contributed by atoms with van der Waals surface area (Å²) >= 11 is 8.12. The van der Waals surface area contributed by atoms with E-state index in [9.17, 15) is 19.5 Å². The molecule has 212 valence electrons. The Hall–Kier alpha value is -2.29. The molecule has 1 spiro atoms. The highest BCUT2D eigenvalue weighted by molar-refractivity contribution is 8.02. The molecule has 0 aliphatic carbocycles. The zero-order valence-electron chi connectivity index (χ0n) is 23.0. The van der Waals surface area contributed by atoms with E-state index in [1.54, 1.807) is 51.9 Å². The van der Waals surface area contributed by atoms with Gasteiger partial charge in [-0.15, -0.1) is 24.9 Å². The minimum atomic E-state index is -0.875. The van der Waals surface area contributed by atoms with Crippen molar-refractivity contribution in [2.75, 3.05) is 24.7 Å². The molecule has 6 atom stereocenters. The van der Waals surface area contributed by atoms with Gasteiger partial charge in [0.15, 0.2) is 0 Å². The van der Waals surface area contributed by atoms with Crippen molar-refractivity contribution in [2.24, 2.45) is 17.8 Å². The molecule has 1 aromatic carbocycles. The molecule has 1 N–H and O–H groups in total. The number of nitrogens with zero attached hydrogens (tertiary/aromatic N) is 2. The topological polar surface area (TPSA) is 87.1 Å². The molecule has 7 nitrogen and oxygen atoms in total. The van der Waals surface area contributed by atoms with E-state index < -0.39 is 39.4 Å². The minimum Gasteiger partial charge on any atom is -0.465 e. The first kappa shape index (κ1) is 29.7. The number of amides is 2. The molecular formula is C30H39ClN2O5S. The van der Waals surface area contributed by atoms with Crippen molar-refractivity contribution in [3.8, 4) is 0 Å². The summed E-state index contributed by atoms with van der Waals surface area (Å²) < 4.78 is 4.27. The molecular weight excluding hydrogens is 536 g/mol. The summed E-state index contributed by atoms with van der Waals surface area (Å²) in [5.74, 6) is -2.16. The second kappa shape index (κ2) is 11.7. The van der Waals surface area contributed by atoms with E-state index in [4.69, 9.17) is 16.3 Å². The quantitative estimate of drug-likeness (QED) is 0.218. The standard InChI is InChI=1S/C30H39ClN2O5S/c1-6-8-16-38-28(37)24-23-26(35)33(20(18-34)17-19(3)4)25(30(23)14-13-29(24,5)39-30)27(36)32(15-7-2)22-12-10-9-11-21(22)31/h6-7,9-12,19-20,23-25,34H,1-2,8,13-18H2,3-5H3/t20-,23+,24+,25?,29-,30?/m1/s1. The van der Waals surface area contributed by atoms with Gasteiger partial charge in [-0.3, -0.25) is 14.4 Å². The van der Waals surface area contributed by atoms with E-state index in [1.807, 2.05) is 26.8 Å². The highest BCUT2D eigenvalue weighted by Crippen LogP contribution is 2.72. The third-order valence-corrected chi connectivity index (χ3v) is 10.6. The van der Waals surface area contributed by atoms with Crippen LogP contribution in [0.15, 0.2) is 49.6 Å². The van der Waals surface area contributed by atoms with Crippen molar-refractivity contribution >= 4 is 46.8 Å².